The van der Waals surface area contributed by atoms with E-state index in [1.807, 2.05) is 11.4 Å². The van der Waals surface area contributed by atoms with Crippen LogP contribution in [0.2, 0.25) is 0 Å². The molecule has 0 bridgehead atoms. The van der Waals surface area contributed by atoms with Crippen LogP contribution in [0.4, 0.5) is 0 Å². The predicted octanol–water partition coefficient (Wildman–Crippen LogP) is 0.485. The third-order valence-electron chi connectivity index (χ3n) is 1.23. The van der Waals surface area contributed by atoms with E-state index >= 15 is 0 Å². The van der Waals surface area contributed by atoms with Crippen LogP contribution in [0.3, 0.4) is 0 Å². The number of thiophene rings is 1. The number of aromatic nitrogens is 2. The molecule has 0 atom stereocenters. The maximum Gasteiger partial charge on any atom is 0.170 e. The van der Waals surface area contributed by atoms with Crippen molar-refractivity contribution in [2.45, 2.75) is 0 Å². The zero-order valence-corrected chi connectivity index (χ0v) is 5.93. The molecule has 2 radical (unpaired) electrons. The second kappa shape index (κ2) is 2.06. The second-order valence-corrected chi connectivity index (χ2v) is 2.80. The van der Waals surface area contributed by atoms with Gasteiger partial charge in [-0.25, -0.2) is 4.98 Å². The van der Waals surface area contributed by atoms with Crippen molar-refractivity contribution < 1.29 is 0 Å². The molecular weight excluding hydrogens is 143 g/mol. The molecule has 2 heterocycles. The van der Waals surface area contributed by atoms with Gasteiger partial charge in [-0.3, -0.25) is 4.98 Å². The molecule has 0 aliphatic carbocycles. The largest absolute Gasteiger partial charge is 0.253 e. The van der Waals surface area contributed by atoms with Crippen LogP contribution in [0.5, 0.6) is 0 Å². The Balaban J connectivity index is 2.86. The van der Waals surface area contributed by atoms with E-state index in [-0.39, 0.29) is 0 Å². The van der Waals surface area contributed by atoms with Gasteiger partial charge in [0.1, 0.15) is 4.83 Å². The Kier molecular flexibility index (Phi) is 1.20. The maximum atomic E-state index is 5.37. The number of hydrogen-bond donors (Lipinski definition) is 0. The lowest BCUT2D eigenvalue weighted by atomic mass is 10.1. The first-order valence-corrected chi connectivity index (χ1v) is 3.70. The highest BCUT2D eigenvalue weighted by Crippen LogP contribution is 2.14. The lowest BCUT2D eigenvalue weighted by Crippen LogP contribution is -2.10. The average Bonchev–Trinajstić information content (AvgIpc) is 2.33. The Bertz CT molecular complexity index is 357. The average molecular weight is 146 g/mol. The van der Waals surface area contributed by atoms with Crippen molar-refractivity contribution in [1.82, 2.24) is 9.97 Å². The highest BCUT2D eigenvalue weighted by atomic mass is 32.1. The minimum Gasteiger partial charge on any atom is -0.253 e. The maximum absolute atomic E-state index is 5.37. The summed E-state index contributed by atoms with van der Waals surface area (Å²) in [6, 6.07) is 1.97. The van der Waals surface area contributed by atoms with E-state index in [2.05, 4.69) is 9.97 Å². The van der Waals surface area contributed by atoms with Gasteiger partial charge < -0.3 is 0 Å². The summed E-state index contributed by atoms with van der Waals surface area (Å²) in [7, 11) is 5.37. The van der Waals surface area contributed by atoms with Crippen LogP contribution in [0.15, 0.2) is 17.6 Å². The quantitative estimate of drug-likeness (QED) is 0.505. The standard InChI is InChI=1S/C6H3BN2S/c7-6-8-3-4-1-2-10-5(4)9-6/h1-3H. The number of rotatable bonds is 0. The van der Waals surface area contributed by atoms with E-state index in [9.17, 15) is 0 Å². The molecule has 0 saturated heterocycles. The van der Waals surface area contributed by atoms with E-state index in [0.717, 1.165) is 10.2 Å². The fourth-order valence-corrected chi connectivity index (χ4v) is 1.52. The smallest absolute Gasteiger partial charge is 0.170 e. The molecule has 0 amide bonds. The molecule has 0 unspecified atom stereocenters. The molecule has 0 aliphatic heterocycles. The lowest BCUT2D eigenvalue weighted by Gasteiger charge is -1.88. The highest BCUT2D eigenvalue weighted by molar-refractivity contribution is 7.16. The van der Waals surface area contributed by atoms with Crippen LogP contribution in [0, 0.1) is 0 Å². The van der Waals surface area contributed by atoms with Gasteiger partial charge in [-0.1, -0.05) is 0 Å². The third-order valence-corrected chi connectivity index (χ3v) is 2.05. The summed E-state index contributed by atoms with van der Waals surface area (Å²) in [5, 5.41) is 3.03. The van der Waals surface area contributed by atoms with Crippen molar-refractivity contribution in [3.05, 3.63) is 17.6 Å². The summed E-state index contributed by atoms with van der Waals surface area (Å²) in [5.74, 6) is 0. The van der Waals surface area contributed by atoms with Gasteiger partial charge in [-0.05, 0) is 11.4 Å². The second-order valence-electron chi connectivity index (χ2n) is 1.91. The molecule has 2 aromatic rings. The number of fused-ring (bicyclic) bond motifs is 1. The van der Waals surface area contributed by atoms with Crippen LogP contribution in [-0.4, -0.2) is 17.8 Å². The van der Waals surface area contributed by atoms with Crippen LogP contribution in [0.25, 0.3) is 10.2 Å². The van der Waals surface area contributed by atoms with Gasteiger partial charge in [-0.15, -0.1) is 11.3 Å². The predicted molar refractivity (Wildman–Crippen MR) is 42.8 cm³/mol. The molecule has 2 aromatic heterocycles. The normalized spacial score (nSPS) is 10.4. The lowest BCUT2D eigenvalue weighted by molar-refractivity contribution is 1.31. The summed E-state index contributed by atoms with van der Waals surface area (Å²) in [6.45, 7) is 0. The monoisotopic (exact) mass is 146 g/mol. The fraction of sp³-hybridized carbons (Fsp3) is 0. The molecular formula is C6H3BN2S. The molecule has 0 N–H and O–H groups in total. The molecule has 2 rings (SSSR count). The summed E-state index contributed by atoms with van der Waals surface area (Å²) in [5.41, 5.74) is 0.343. The van der Waals surface area contributed by atoms with Gasteiger partial charge in [0, 0.05) is 11.6 Å². The van der Waals surface area contributed by atoms with E-state index in [4.69, 9.17) is 7.85 Å². The van der Waals surface area contributed by atoms with Crippen molar-refractivity contribution in [3.63, 3.8) is 0 Å². The van der Waals surface area contributed by atoms with E-state index < -0.39 is 0 Å². The van der Waals surface area contributed by atoms with Crippen molar-refractivity contribution in [2.24, 2.45) is 0 Å². The van der Waals surface area contributed by atoms with Crippen LogP contribution >= 0.6 is 11.3 Å². The minimum absolute atomic E-state index is 0.343. The first kappa shape index (κ1) is 5.86. The highest BCUT2D eigenvalue weighted by Gasteiger charge is 1.94. The molecule has 46 valence electrons. The van der Waals surface area contributed by atoms with Crippen molar-refractivity contribution in [1.29, 1.82) is 0 Å². The zero-order valence-electron chi connectivity index (χ0n) is 5.11. The van der Waals surface area contributed by atoms with Gasteiger partial charge in [0.15, 0.2) is 7.85 Å². The third kappa shape index (κ3) is 0.808. The van der Waals surface area contributed by atoms with Gasteiger partial charge in [0.25, 0.3) is 0 Å². The molecule has 10 heavy (non-hydrogen) atoms. The summed E-state index contributed by atoms with van der Waals surface area (Å²) >= 11 is 1.57. The first-order valence-electron chi connectivity index (χ1n) is 2.82. The van der Waals surface area contributed by atoms with E-state index in [1.165, 1.54) is 0 Å². The van der Waals surface area contributed by atoms with Crippen LogP contribution in [-0.2, 0) is 0 Å². The Labute approximate surface area is 63.3 Å². The Morgan fingerprint density at radius 1 is 1.50 bits per heavy atom. The van der Waals surface area contributed by atoms with Crippen molar-refractivity contribution in [2.75, 3.05) is 0 Å². The molecule has 0 saturated carbocycles. The molecule has 0 spiro atoms. The van der Waals surface area contributed by atoms with Crippen LogP contribution < -0.4 is 5.72 Å². The summed E-state index contributed by atoms with van der Waals surface area (Å²) < 4.78 is 0. The SMILES string of the molecule is [B]c1ncc2ccsc2n1. The van der Waals surface area contributed by atoms with Gasteiger partial charge >= 0.3 is 0 Å². The summed E-state index contributed by atoms with van der Waals surface area (Å²) in [6.07, 6.45) is 1.73. The fourth-order valence-electron chi connectivity index (χ4n) is 0.769. The molecule has 0 fully saturated rings. The molecule has 0 aromatic carbocycles. The number of nitrogens with zero attached hydrogens (tertiary/aromatic N) is 2. The molecule has 2 nitrogen and oxygen atoms in total. The van der Waals surface area contributed by atoms with Gasteiger partial charge in [0.2, 0.25) is 0 Å². The molecule has 4 heteroatoms. The number of hydrogen-bond acceptors (Lipinski definition) is 3. The first-order chi connectivity index (χ1) is 4.86. The van der Waals surface area contributed by atoms with Crippen molar-refractivity contribution in [3.8, 4) is 0 Å². The van der Waals surface area contributed by atoms with Gasteiger partial charge in [-0.2, -0.15) is 0 Å². The Hall–Kier alpha value is -0.895. The Morgan fingerprint density at radius 3 is 3.30 bits per heavy atom. The zero-order chi connectivity index (χ0) is 6.97. The van der Waals surface area contributed by atoms with Crippen LogP contribution in [0.1, 0.15) is 0 Å². The van der Waals surface area contributed by atoms with E-state index in [1.54, 1.807) is 17.5 Å². The molecule has 0 aliphatic rings. The minimum atomic E-state index is 0.343. The van der Waals surface area contributed by atoms with E-state index in [0.29, 0.717) is 5.72 Å². The van der Waals surface area contributed by atoms with Crippen molar-refractivity contribution >= 4 is 35.1 Å². The Morgan fingerprint density at radius 2 is 2.40 bits per heavy atom. The summed E-state index contributed by atoms with van der Waals surface area (Å²) in [4.78, 5) is 8.83. The topological polar surface area (TPSA) is 25.8 Å². The van der Waals surface area contributed by atoms with Gasteiger partial charge in [0.05, 0.1) is 5.72 Å².